The van der Waals surface area contributed by atoms with E-state index in [-0.39, 0.29) is 5.56 Å². The van der Waals surface area contributed by atoms with Crippen LogP contribution in [0.15, 0.2) is 23.4 Å². The number of nitrogens with zero attached hydrogens (tertiary/aromatic N) is 3. The molecule has 0 aliphatic carbocycles. The number of aromatic nitrogens is 4. The van der Waals surface area contributed by atoms with Gasteiger partial charge < -0.3 is 14.9 Å². The van der Waals surface area contributed by atoms with Crippen LogP contribution in [-0.4, -0.2) is 26.6 Å². The molecule has 0 aromatic carbocycles. The normalized spacial score (nSPS) is 10.6. The Morgan fingerprint density at radius 1 is 1.56 bits per heavy atom. The number of rotatable bonds is 3. The highest BCUT2D eigenvalue weighted by molar-refractivity contribution is 5.47. The first-order valence-corrected chi connectivity index (χ1v) is 4.92. The van der Waals surface area contributed by atoms with Gasteiger partial charge in [-0.25, -0.2) is 9.97 Å². The van der Waals surface area contributed by atoms with Crippen molar-refractivity contribution in [3.05, 3.63) is 34.6 Å². The second kappa shape index (κ2) is 4.28. The molecule has 2 aromatic heterocycles. The van der Waals surface area contributed by atoms with E-state index in [1.54, 1.807) is 17.1 Å². The Bertz CT molecular complexity index is 542. The summed E-state index contributed by atoms with van der Waals surface area (Å²) in [5.41, 5.74) is 1.34. The van der Waals surface area contributed by atoms with E-state index < -0.39 is 0 Å². The summed E-state index contributed by atoms with van der Waals surface area (Å²) >= 11 is 0. The van der Waals surface area contributed by atoms with Crippen molar-refractivity contribution in [3.63, 3.8) is 0 Å². The fourth-order valence-electron chi connectivity index (χ4n) is 1.49. The molecular weight excluding hydrogens is 206 g/mol. The third-order valence-electron chi connectivity index (χ3n) is 2.21. The van der Waals surface area contributed by atoms with Gasteiger partial charge in [-0.05, 0) is 7.05 Å². The van der Waals surface area contributed by atoms with Gasteiger partial charge in [0, 0.05) is 19.7 Å². The quantitative estimate of drug-likeness (QED) is 0.755. The molecule has 0 aliphatic heterocycles. The summed E-state index contributed by atoms with van der Waals surface area (Å²) in [7, 11) is 3.67. The molecule has 0 unspecified atom stereocenters. The Morgan fingerprint density at radius 3 is 3.00 bits per heavy atom. The topological polar surface area (TPSA) is 75.6 Å². The molecule has 6 nitrogen and oxygen atoms in total. The van der Waals surface area contributed by atoms with Gasteiger partial charge >= 0.3 is 0 Å². The molecule has 2 heterocycles. The Morgan fingerprint density at radius 2 is 2.38 bits per heavy atom. The maximum atomic E-state index is 11.4. The van der Waals surface area contributed by atoms with Crippen LogP contribution >= 0.6 is 0 Å². The lowest BCUT2D eigenvalue weighted by Crippen LogP contribution is -2.15. The molecule has 0 spiro atoms. The van der Waals surface area contributed by atoms with Crippen molar-refractivity contribution in [1.82, 2.24) is 24.8 Å². The summed E-state index contributed by atoms with van der Waals surface area (Å²) in [6, 6.07) is 1.48. The number of imidazole rings is 1. The largest absolute Gasteiger partial charge is 0.331 e. The van der Waals surface area contributed by atoms with Gasteiger partial charge in [0.1, 0.15) is 5.69 Å². The standard InChI is InChI=1S/C10H13N5O/c1-11-4-7-3-9(16)14-10(13-7)8-5-12-6-15(8)2/h3,5-6,11H,4H2,1-2H3,(H,13,14,16). The number of aryl methyl sites for hydroxylation is 1. The lowest BCUT2D eigenvalue weighted by atomic mass is 10.3. The predicted octanol–water partition coefficient (Wildman–Crippen LogP) is -0.110. The number of aromatic amines is 1. The Hall–Kier alpha value is -1.95. The third-order valence-corrected chi connectivity index (χ3v) is 2.21. The molecule has 2 rings (SSSR count). The smallest absolute Gasteiger partial charge is 0.251 e. The van der Waals surface area contributed by atoms with Crippen molar-refractivity contribution in [1.29, 1.82) is 0 Å². The van der Waals surface area contributed by atoms with Gasteiger partial charge in [-0.1, -0.05) is 0 Å². The molecule has 0 amide bonds. The maximum absolute atomic E-state index is 11.4. The molecule has 2 N–H and O–H groups in total. The van der Waals surface area contributed by atoms with Crippen molar-refractivity contribution in [3.8, 4) is 11.5 Å². The average Bonchev–Trinajstić information content (AvgIpc) is 2.64. The van der Waals surface area contributed by atoms with E-state index in [4.69, 9.17) is 0 Å². The highest BCUT2D eigenvalue weighted by Crippen LogP contribution is 2.11. The molecule has 0 bridgehead atoms. The van der Waals surface area contributed by atoms with Crippen molar-refractivity contribution >= 4 is 0 Å². The molecule has 0 fully saturated rings. The second-order valence-electron chi connectivity index (χ2n) is 3.51. The van der Waals surface area contributed by atoms with Crippen LogP contribution in [0.2, 0.25) is 0 Å². The zero-order valence-corrected chi connectivity index (χ0v) is 9.19. The van der Waals surface area contributed by atoms with Gasteiger partial charge in [0.05, 0.1) is 18.2 Å². The third kappa shape index (κ3) is 2.01. The van der Waals surface area contributed by atoms with E-state index in [0.29, 0.717) is 18.1 Å². The summed E-state index contributed by atoms with van der Waals surface area (Å²) < 4.78 is 1.81. The average molecular weight is 219 g/mol. The van der Waals surface area contributed by atoms with Gasteiger partial charge in [0.25, 0.3) is 5.56 Å². The Labute approximate surface area is 92.4 Å². The number of nitrogens with one attached hydrogen (secondary N) is 2. The molecule has 84 valence electrons. The van der Waals surface area contributed by atoms with Gasteiger partial charge in [0.15, 0.2) is 5.82 Å². The maximum Gasteiger partial charge on any atom is 0.251 e. The van der Waals surface area contributed by atoms with Gasteiger partial charge in [-0.3, -0.25) is 4.79 Å². The minimum Gasteiger partial charge on any atom is -0.331 e. The van der Waals surface area contributed by atoms with Gasteiger partial charge in [-0.15, -0.1) is 0 Å². The Kier molecular flexibility index (Phi) is 2.82. The van der Waals surface area contributed by atoms with E-state index in [2.05, 4.69) is 20.3 Å². The first-order chi connectivity index (χ1) is 7.70. The van der Waals surface area contributed by atoms with Crippen molar-refractivity contribution in [2.45, 2.75) is 6.54 Å². The number of H-pyrrole nitrogens is 1. The monoisotopic (exact) mass is 219 g/mol. The summed E-state index contributed by atoms with van der Waals surface area (Å²) in [6.07, 6.45) is 3.33. The second-order valence-corrected chi connectivity index (χ2v) is 3.51. The van der Waals surface area contributed by atoms with Crippen LogP contribution in [-0.2, 0) is 13.6 Å². The summed E-state index contributed by atoms with van der Waals surface area (Å²) in [5.74, 6) is 0.540. The fraction of sp³-hybridized carbons (Fsp3) is 0.300. The van der Waals surface area contributed by atoms with Crippen LogP contribution in [0, 0.1) is 0 Å². The van der Waals surface area contributed by atoms with Crippen LogP contribution in [0.5, 0.6) is 0 Å². The van der Waals surface area contributed by atoms with Crippen LogP contribution in [0.25, 0.3) is 11.5 Å². The Balaban J connectivity index is 2.49. The number of hydrogen-bond acceptors (Lipinski definition) is 4. The minimum atomic E-state index is -0.156. The molecule has 0 saturated carbocycles. The van der Waals surface area contributed by atoms with Crippen molar-refractivity contribution in [2.75, 3.05) is 7.05 Å². The van der Waals surface area contributed by atoms with Crippen LogP contribution in [0.3, 0.4) is 0 Å². The first-order valence-electron chi connectivity index (χ1n) is 4.92. The van der Waals surface area contributed by atoms with Gasteiger partial charge in [-0.2, -0.15) is 0 Å². The molecular formula is C10H13N5O. The van der Waals surface area contributed by atoms with Crippen LogP contribution < -0.4 is 10.9 Å². The SMILES string of the molecule is CNCc1cc(=O)[nH]c(-c2cncn2C)n1. The predicted molar refractivity (Wildman–Crippen MR) is 59.8 cm³/mol. The summed E-state index contributed by atoms with van der Waals surface area (Å²) in [5, 5.41) is 2.96. The van der Waals surface area contributed by atoms with Crippen molar-refractivity contribution < 1.29 is 0 Å². The molecule has 6 heteroatoms. The van der Waals surface area contributed by atoms with E-state index in [0.717, 1.165) is 5.69 Å². The minimum absolute atomic E-state index is 0.156. The summed E-state index contributed by atoms with van der Waals surface area (Å²) in [4.78, 5) is 22.5. The zero-order valence-electron chi connectivity index (χ0n) is 9.19. The van der Waals surface area contributed by atoms with Crippen molar-refractivity contribution in [2.24, 2.45) is 7.05 Å². The van der Waals surface area contributed by atoms with Gasteiger partial charge in [0.2, 0.25) is 0 Å². The first kappa shape index (κ1) is 10.6. The van der Waals surface area contributed by atoms with Crippen LogP contribution in [0.4, 0.5) is 0 Å². The molecule has 0 saturated heterocycles. The molecule has 16 heavy (non-hydrogen) atoms. The molecule has 2 aromatic rings. The lowest BCUT2D eigenvalue weighted by Gasteiger charge is -2.04. The van der Waals surface area contributed by atoms with E-state index in [1.807, 2.05) is 14.1 Å². The lowest BCUT2D eigenvalue weighted by molar-refractivity contribution is 0.782. The van der Waals surface area contributed by atoms with E-state index in [1.165, 1.54) is 6.07 Å². The fourth-order valence-corrected chi connectivity index (χ4v) is 1.49. The van der Waals surface area contributed by atoms with E-state index >= 15 is 0 Å². The highest BCUT2D eigenvalue weighted by atomic mass is 16.1. The molecule has 0 radical (unpaired) electrons. The number of hydrogen-bond donors (Lipinski definition) is 2. The molecule has 0 atom stereocenters. The summed E-state index contributed by atoms with van der Waals surface area (Å²) in [6.45, 7) is 0.564. The van der Waals surface area contributed by atoms with E-state index in [9.17, 15) is 4.79 Å². The molecule has 0 aliphatic rings. The zero-order chi connectivity index (χ0) is 11.5. The van der Waals surface area contributed by atoms with Crippen LogP contribution in [0.1, 0.15) is 5.69 Å². The highest BCUT2D eigenvalue weighted by Gasteiger charge is 2.06.